The van der Waals surface area contributed by atoms with Gasteiger partial charge in [0.1, 0.15) is 0 Å². The molecule has 3 rings (SSSR count). The predicted octanol–water partition coefficient (Wildman–Crippen LogP) is 3.93. The average molecular weight is 297 g/mol. The van der Waals surface area contributed by atoms with Gasteiger partial charge in [0.05, 0.1) is 6.33 Å². The van der Waals surface area contributed by atoms with Crippen LogP contribution in [-0.2, 0) is 6.42 Å². The largest absolute Gasteiger partial charge is 0.333 e. The quantitative estimate of drug-likeness (QED) is 0.805. The molecule has 0 N–H and O–H groups in total. The van der Waals surface area contributed by atoms with E-state index in [0.29, 0.717) is 12.1 Å². The highest BCUT2D eigenvalue weighted by molar-refractivity contribution is 5.14. The number of hydrogen-bond acceptors (Lipinski definition) is 2. The summed E-state index contributed by atoms with van der Waals surface area (Å²) in [4.78, 5) is 6.91. The minimum atomic E-state index is 0.513. The van der Waals surface area contributed by atoms with Gasteiger partial charge >= 0.3 is 0 Å². The average Bonchev–Trinajstić information content (AvgIpc) is 3.10. The van der Waals surface area contributed by atoms with Crippen molar-refractivity contribution in [2.24, 2.45) is 0 Å². The van der Waals surface area contributed by atoms with Crippen LogP contribution in [0.15, 0.2) is 49.1 Å². The third-order valence-corrected chi connectivity index (χ3v) is 4.97. The Morgan fingerprint density at radius 1 is 1.23 bits per heavy atom. The first kappa shape index (κ1) is 15.3. The molecule has 1 saturated heterocycles. The fourth-order valence-corrected chi connectivity index (χ4v) is 3.68. The monoisotopic (exact) mass is 297 g/mol. The van der Waals surface area contributed by atoms with E-state index in [0.717, 1.165) is 0 Å². The summed E-state index contributed by atoms with van der Waals surface area (Å²) in [6.45, 7) is 4.79. The van der Waals surface area contributed by atoms with E-state index < -0.39 is 0 Å². The SMILES string of the molecule is CC(C1CCCCN1CCCc1ccccc1)n1ccnc1. The third-order valence-electron chi connectivity index (χ3n) is 4.97. The predicted molar refractivity (Wildman–Crippen MR) is 90.9 cm³/mol. The molecule has 1 aromatic carbocycles. The van der Waals surface area contributed by atoms with E-state index in [1.165, 1.54) is 50.8 Å². The molecule has 118 valence electrons. The molecule has 3 heteroatoms. The lowest BCUT2D eigenvalue weighted by Crippen LogP contribution is -2.44. The van der Waals surface area contributed by atoms with Gasteiger partial charge in [-0.25, -0.2) is 4.98 Å². The minimum absolute atomic E-state index is 0.513. The normalized spacial score (nSPS) is 20.9. The Labute approximate surface area is 134 Å². The van der Waals surface area contributed by atoms with Gasteiger partial charge in [0.15, 0.2) is 0 Å². The number of piperidine rings is 1. The van der Waals surface area contributed by atoms with Gasteiger partial charge in [0, 0.05) is 24.5 Å². The Morgan fingerprint density at radius 2 is 2.09 bits per heavy atom. The fraction of sp³-hybridized carbons (Fsp3) is 0.526. The fourth-order valence-electron chi connectivity index (χ4n) is 3.68. The van der Waals surface area contributed by atoms with Crippen LogP contribution in [0.2, 0.25) is 0 Å². The van der Waals surface area contributed by atoms with Crippen molar-refractivity contribution >= 4 is 0 Å². The number of nitrogens with zero attached hydrogens (tertiary/aromatic N) is 3. The van der Waals surface area contributed by atoms with Gasteiger partial charge in [-0.15, -0.1) is 0 Å². The molecule has 2 atom stereocenters. The van der Waals surface area contributed by atoms with Crippen molar-refractivity contribution in [3.63, 3.8) is 0 Å². The van der Waals surface area contributed by atoms with Gasteiger partial charge in [0.2, 0.25) is 0 Å². The van der Waals surface area contributed by atoms with E-state index in [9.17, 15) is 0 Å². The lowest BCUT2D eigenvalue weighted by atomic mass is 9.95. The van der Waals surface area contributed by atoms with Crippen LogP contribution in [0.1, 0.15) is 44.2 Å². The number of likely N-dealkylation sites (tertiary alicyclic amines) is 1. The van der Waals surface area contributed by atoms with Crippen LogP contribution >= 0.6 is 0 Å². The number of aryl methyl sites for hydroxylation is 1. The Morgan fingerprint density at radius 3 is 2.86 bits per heavy atom. The Hall–Kier alpha value is -1.61. The second-order valence-electron chi connectivity index (χ2n) is 6.44. The van der Waals surface area contributed by atoms with Crippen LogP contribution in [0.3, 0.4) is 0 Å². The van der Waals surface area contributed by atoms with Crippen LogP contribution in [0.5, 0.6) is 0 Å². The molecule has 0 radical (unpaired) electrons. The van der Waals surface area contributed by atoms with Gasteiger partial charge in [0.25, 0.3) is 0 Å². The maximum Gasteiger partial charge on any atom is 0.0948 e. The summed E-state index contributed by atoms with van der Waals surface area (Å²) in [6, 6.07) is 12.0. The van der Waals surface area contributed by atoms with Crippen molar-refractivity contribution in [3.8, 4) is 0 Å². The summed E-state index contributed by atoms with van der Waals surface area (Å²) in [7, 11) is 0. The molecule has 0 saturated carbocycles. The Balaban J connectivity index is 1.56. The van der Waals surface area contributed by atoms with Crippen LogP contribution < -0.4 is 0 Å². The Bertz CT molecular complexity index is 535. The highest BCUT2D eigenvalue weighted by atomic mass is 15.2. The highest BCUT2D eigenvalue weighted by Gasteiger charge is 2.27. The molecular weight excluding hydrogens is 270 g/mol. The standard InChI is InChI=1S/C19H27N3/c1-17(22-15-12-20-16-22)19-11-5-6-13-21(19)14-7-10-18-8-3-2-4-9-18/h2-4,8-9,12,15-17,19H,5-7,10-11,13-14H2,1H3. The van der Waals surface area contributed by atoms with E-state index in [-0.39, 0.29) is 0 Å². The molecule has 0 spiro atoms. The van der Waals surface area contributed by atoms with Gasteiger partial charge in [-0.3, -0.25) is 4.90 Å². The van der Waals surface area contributed by atoms with Crippen LogP contribution in [0.4, 0.5) is 0 Å². The second-order valence-corrected chi connectivity index (χ2v) is 6.44. The second kappa shape index (κ2) is 7.59. The zero-order valence-electron chi connectivity index (χ0n) is 13.6. The van der Waals surface area contributed by atoms with Crippen molar-refractivity contribution < 1.29 is 0 Å². The van der Waals surface area contributed by atoms with Gasteiger partial charge < -0.3 is 4.57 Å². The smallest absolute Gasteiger partial charge is 0.0948 e. The van der Waals surface area contributed by atoms with E-state index in [4.69, 9.17) is 0 Å². The van der Waals surface area contributed by atoms with E-state index in [2.05, 4.69) is 57.9 Å². The zero-order chi connectivity index (χ0) is 15.2. The van der Waals surface area contributed by atoms with Crippen molar-refractivity contribution in [2.45, 2.75) is 51.1 Å². The first-order valence-electron chi connectivity index (χ1n) is 8.60. The van der Waals surface area contributed by atoms with E-state index in [1.54, 1.807) is 0 Å². The van der Waals surface area contributed by atoms with Crippen molar-refractivity contribution in [2.75, 3.05) is 13.1 Å². The number of aromatic nitrogens is 2. The van der Waals surface area contributed by atoms with Crippen LogP contribution in [0.25, 0.3) is 0 Å². The number of hydrogen-bond donors (Lipinski definition) is 0. The van der Waals surface area contributed by atoms with E-state index in [1.807, 2.05) is 12.5 Å². The molecule has 2 aromatic rings. The number of benzene rings is 1. The summed E-state index contributed by atoms with van der Waals surface area (Å²) < 4.78 is 2.26. The molecule has 2 unspecified atom stereocenters. The molecule has 1 aliphatic heterocycles. The van der Waals surface area contributed by atoms with Crippen LogP contribution in [-0.4, -0.2) is 33.6 Å². The summed E-state index contributed by atoms with van der Waals surface area (Å²) >= 11 is 0. The molecule has 0 amide bonds. The van der Waals surface area contributed by atoms with Gasteiger partial charge in [-0.1, -0.05) is 36.8 Å². The molecule has 22 heavy (non-hydrogen) atoms. The van der Waals surface area contributed by atoms with Crippen molar-refractivity contribution in [1.82, 2.24) is 14.5 Å². The first-order chi connectivity index (χ1) is 10.8. The first-order valence-corrected chi connectivity index (χ1v) is 8.60. The van der Waals surface area contributed by atoms with Crippen LogP contribution in [0, 0.1) is 0 Å². The topological polar surface area (TPSA) is 21.1 Å². The lowest BCUT2D eigenvalue weighted by Gasteiger charge is -2.39. The molecule has 0 aliphatic carbocycles. The summed E-state index contributed by atoms with van der Waals surface area (Å²) in [5.74, 6) is 0. The Kier molecular flexibility index (Phi) is 5.28. The highest BCUT2D eigenvalue weighted by Crippen LogP contribution is 2.26. The summed E-state index contributed by atoms with van der Waals surface area (Å²) in [5, 5.41) is 0. The van der Waals surface area contributed by atoms with Crippen molar-refractivity contribution in [3.05, 3.63) is 54.6 Å². The molecule has 0 bridgehead atoms. The minimum Gasteiger partial charge on any atom is -0.333 e. The zero-order valence-corrected chi connectivity index (χ0v) is 13.6. The molecule has 1 aromatic heterocycles. The number of rotatable bonds is 6. The van der Waals surface area contributed by atoms with E-state index >= 15 is 0 Å². The summed E-state index contributed by atoms with van der Waals surface area (Å²) in [6.07, 6.45) is 12.4. The summed E-state index contributed by atoms with van der Waals surface area (Å²) in [5.41, 5.74) is 1.46. The number of imidazole rings is 1. The maximum atomic E-state index is 4.21. The molecular formula is C19H27N3. The van der Waals surface area contributed by atoms with Gasteiger partial charge in [-0.05, 0) is 51.3 Å². The maximum absolute atomic E-state index is 4.21. The molecule has 1 fully saturated rings. The third kappa shape index (κ3) is 3.77. The molecule has 3 nitrogen and oxygen atoms in total. The van der Waals surface area contributed by atoms with Crippen molar-refractivity contribution in [1.29, 1.82) is 0 Å². The van der Waals surface area contributed by atoms with Gasteiger partial charge in [-0.2, -0.15) is 0 Å². The lowest BCUT2D eigenvalue weighted by molar-refractivity contribution is 0.107. The molecule has 2 heterocycles. The molecule has 1 aliphatic rings.